The number of thiazole rings is 1. The number of hydrazone groups is 1. The molecule has 2 heterocycles. The van der Waals surface area contributed by atoms with Crippen LogP contribution in [-0.4, -0.2) is 21.0 Å². The Morgan fingerprint density at radius 3 is 2.31 bits per heavy atom. The van der Waals surface area contributed by atoms with E-state index in [-0.39, 0.29) is 0 Å². The molecule has 0 amide bonds. The zero-order chi connectivity index (χ0) is 25.1. The van der Waals surface area contributed by atoms with Crippen LogP contribution in [0.25, 0.3) is 28.2 Å². The van der Waals surface area contributed by atoms with Gasteiger partial charge in [0.15, 0.2) is 0 Å². The molecule has 180 valence electrons. The standard InChI is InChI=1S/C27H20F3N5S/c1-18-7-9-19(10-8-18)24-17-36-26(32-24)33-31-15-21-16-35(23-5-3-2-4-6-23)34-25(21)20-11-13-22(14-12-20)27(28,29)30/h2-17H,1H3,(H,32,33)/b31-15+. The van der Waals surface area contributed by atoms with E-state index in [1.54, 1.807) is 17.1 Å². The van der Waals surface area contributed by atoms with Crippen LogP contribution >= 0.6 is 11.3 Å². The number of para-hydroxylation sites is 1. The summed E-state index contributed by atoms with van der Waals surface area (Å²) in [4.78, 5) is 4.57. The number of hydrogen-bond donors (Lipinski definition) is 1. The lowest BCUT2D eigenvalue weighted by Crippen LogP contribution is -2.04. The monoisotopic (exact) mass is 503 g/mol. The molecule has 0 saturated carbocycles. The molecule has 0 atom stereocenters. The summed E-state index contributed by atoms with van der Waals surface area (Å²) in [6, 6.07) is 22.5. The highest BCUT2D eigenvalue weighted by atomic mass is 32.1. The van der Waals surface area contributed by atoms with Gasteiger partial charge in [-0.3, -0.25) is 5.43 Å². The number of benzene rings is 3. The number of alkyl halides is 3. The van der Waals surface area contributed by atoms with Crippen LogP contribution in [-0.2, 0) is 6.18 Å². The van der Waals surface area contributed by atoms with E-state index in [9.17, 15) is 13.2 Å². The van der Waals surface area contributed by atoms with Crippen molar-refractivity contribution < 1.29 is 13.2 Å². The van der Waals surface area contributed by atoms with Crippen LogP contribution in [0.15, 0.2) is 95.5 Å². The third kappa shape index (κ3) is 5.21. The summed E-state index contributed by atoms with van der Waals surface area (Å²) in [5.41, 5.74) is 7.80. The van der Waals surface area contributed by atoms with Gasteiger partial charge in [0.05, 0.1) is 23.2 Å². The molecular weight excluding hydrogens is 483 g/mol. The Balaban J connectivity index is 1.42. The minimum absolute atomic E-state index is 0.512. The second-order valence-electron chi connectivity index (χ2n) is 8.06. The molecule has 5 rings (SSSR count). The van der Waals surface area contributed by atoms with Crippen molar-refractivity contribution in [3.05, 3.63) is 107 Å². The van der Waals surface area contributed by atoms with Crippen LogP contribution < -0.4 is 5.43 Å². The average Bonchev–Trinajstić information content (AvgIpc) is 3.52. The Morgan fingerprint density at radius 1 is 0.917 bits per heavy atom. The van der Waals surface area contributed by atoms with Gasteiger partial charge in [0.1, 0.15) is 5.69 Å². The molecule has 2 aromatic heterocycles. The number of anilines is 1. The number of halogens is 3. The smallest absolute Gasteiger partial charge is 0.253 e. The van der Waals surface area contributed by atoms with Crippen LogP contribution in [0.4, 0.5) is 18.3 Å². The van der Waals surface area contributed by atoms with Gasteiger partial charge in [-0.1, -0.05) is 60.2 Å². The molecule has 0 saturated heterocycles. The molecule has 0 fully saturated rings. The second-order valence-corrected chi connectivity index (χ2v) is 8.92. The van der Waals surface area contributed by atoms with E-state index < -0.39 is 11.7 Å². The number of aromatic nitrogens is 3. The lowest BCUT2D eigenvalue weighted by atomic mass is 10.1. The van der Waals surface area contributed by atoms with Crippen molar-refractivity contribution in [1.29, 1.82) is 0 Å². The molecular formula is C27H20F3N5S. The predicted molar refractivity (Wildman–Crippen MR) is 138 cm³/mol. The number of hydrogen-bond acceptors (Lipinski definition) is 5. The molecule has 1 N–H and O–H groups in total. The molecule has 5 nitrogen and oxygen atoms in total. The third-order valence-electron chi connectivity index (χ3n) is 5.46. The van der Waals surface area contributed by atoms with E-state index in [2.05, 4.69) is 20.6 Å². The SMILES string of the molecule is Cc1ccc(-c2csc(N/N=C/c3cn(-c4ccccc4)nc3-c3ccc(C(F)(F)F)cc3)n2)cc1. The summed E-state index contributed by atoms with van der Waals surface area (Å²) in [5.74, 6) is 0. The number of rotatable bonds is 6. The first kappa shape index (κ1) is 23.5. The zero-order valence-corrected chi connectivity index (χ0v) is 19.9. The minimum Gasteiger partial charge on any atom is -0.253 e. The lowest BCUT2D eigenvalue weighted by molar-refractivity contribution is -0.137. The van der Waals surface area contributed by atoms with Crippen LogP contribution in [0.5, 0.6) is 0 Å². The molecule has 0 bridgehead atoms. The fourth-order valence-electron chi connectivity index (χ4n) is 3.58. The van der Waals surface area contributed by atoms with Gasteiger partial charge in [0.2, 0.25) is 5.13 Å². The summed E-state index contributed by atoms with van der Waals surface area (Å²) in [5, 5.41) is 11.5. The van der Waals surface area contributed by atoms with E-state index in [1.165, 1.54) is 29.0 Å². The van der Waals surface area contributed by atoms with Crippen LogP contribution in [0.1, 0.15) is 16.7 Å². The molecule has 0 unspecified atom stereocenters. The normalized spacial score (nSPS) is 11.8. The first-order valence-corrected chi connectivity index (χ1v) is 11.9. The van der Waals surface area contributed by atoms with Crippen LogP contribution in [0, 0.1) is 6.92 Å². The largest absolute Gasteiger partial charge is 0.416 e. The molecule has 3 aromatic carbocycles. The van der Waals surface area contributed by atoms with Gasteiger partial charge in [-0.15, -0.1) is 11.3 Å². The van der Waals surface area contributed by atoms with E-state index in [0.717, 1.165) is 29.1 Å². The van der Waals surface area contributed by atoms with Gasteiger partial charge in [0.25, 0.3) is 0 Å². The molecule has 0 aliphatic heterocycles. The molecule has 0 aliphatic rings. The fraction of sp³-hybridized carbons (Fsp3) is 0.0741. The van der Waals surface area contributed by atoms with Crippen LogP contribution in [0.3, 0.4) is 0 Å². The predicted octanol–water partition coefficient (Wildman–Crippen LogP) is 7.44. The van der Waals surface area contributed by atoms with Gasteiger partial charge in [-0.05, 0) is 31.2 Å². The molecule has 9 heteroatoms. The summed E-state index contributed by atoms with van der Waals surface area (Å²) in [6.07, 6.45) is -1.03. The Morgan fingerprint density at radius 2 is 1.61 bits per heavy atom. The van der Waals surface area contributed by atoms with Crippen molar-refractivity contribution in [1.82, 2.24) is 14.8 Å². The molecule has 0 radical (unpaired) electrons. The summed E-state index contributed by atoms with van der Waals surface area (Å²) in [7, 11) is 0. The number of nitrogens with zero attached hydrogens (tertiary/aromatic N) is 4. The molecule has 5 aromatic rings. The van der Waals surface area contributed by atoms with Crippen molar-refractivity contribution in [2.24, 2.45) is 5.10 Å². The molecule has 0 spiro atoms. The van der Waals surface area contributed by atoms with Gasteiger partial charge in [-0.25, -0.2) is 9.67 Å². The van der Waals surface area contributed by atoms with E-state index in [0.29, 0.717) is 22.0 Å². The quantitative estimate of drug-likeness (QED) is 0.194. The maximum atomic E-state index is 13.0. The van der Waals surface area contributed by atoms with E-state index in [1.807, 2.05) is 66.9 Å². The number of aryl methyl sites for hydroxylation is 1. The van der Waals surface area contributed by atoms with Crippen LogP contribution in [0.2, 0.25) is 0 Å². The highest BCUT2D eigenvalue weighted by Crippen LogP contribution is 2.31. The number of nitrogens with one attached hydrogen (secondary N) is 1. The van der Waals surface area contributed by atoms with Gasteiger partial charge in [0, 0.05) is 28.3 Å². The summed E-state index contributed by atoms with van der Waals surface area (Å²) < 4.78 is 40.8. The topological polar surface area (TPSA) is 55.1 Å². The van der Waals surface area contributed by atoms with Crippen molar-refractivity contribution >= 4 is 22.7 Å². The Hall–Kier alpha value is -4.24. The highest BCUT2D eigenvalue weighted by Gasteiger charge is 2.30. The third-order valence-corrected chi connectivity index (χ3v) is 6.21. The Bertz CT molecular complexity index is 1490. The fourth-order valence-corrected chi connectivity index (χ4v) is 4.24. The van der Waals surface area contributed by atoms with Crippen molar-refractivity contribution in [3.8, 4) is 28.2 Å². The Labute approximate surface area is 209 Å². The van der Waals surface area contributed by atoms with E-state index >= 15 is 0 Å². The maximum absolute atomic E-state index is 13.0. The van der Waals surface area contributed by atoms with Crippen molar-refractivity contribution in [3.63, 3.8) is 0 Å². The maximum Gasteiger partial charge on any atom is 0.416 e. The summed E-state index contributed by atoms with van der Waals surface area (Å²) in [6.45, 7) is 2.03. The molecule has 0 aliphatic carbocycles. The van der Waals surface area contributed by atoms with Gasteiger partial charge < -0.3 is 0 Å². The first-order valence-electron chi connectivity index (χ1n) is 11.0. The van der Waals surface area contributed by atoms with Crippen molar-refractivity contribution in [2.75, 3.05) is 5.43 Å². The van der Waals surface area contributed by atoms with Crippen molar-refractivity contribution in [2.45, 2.75) is 13.1 Å². The highest BCUT2D eigenvalue weighted by molar-refractivity contribution is 7.14. The van der Waals surface area contributed by atoms with Gasteiger partial charge in [-0.2, -0.15) is 23.4 Å². The lowest BCUT2D eigenvalue weighted by Gasteiger charge is -2.07. The Kier molecular flexibility index (Phi) is 6.39. The first-order chi connectivity index (χ1) is 17.4. The summed E-state index contributed by atoms with van der Waals surface area (Å²) >= 11 is 1.43. The average molecular weight is 504 g/mol. The molecule has 36 heavy (non-hydrogen) atoms. The van der Waals surface area contributed by atoms with E-state index in [4.69, 9.17) is 0 Å². The van der Waals surface area contributed by atoms with Gasteiger partial charge >= 0.3 is 6.18 Å². The minimum atomic E-state index is -4.40. The second kappa shape index (κ2) is 9.79. The zero-order valence-electron chi connectivity index (χ0n) is 19.1.